The predicted octanol–water partition coefficient (Wildman–Crippen LogP) is 4.65. The van der Waals surface area contributed by atoms with Gasteiger partial charge in [-0.25, -0.2) is 0 Å². The quantitative estimate of drug-likeness (QED) is 0.593. The third-order valence-corrected chi connectivity index (χ3v) is 3.36. The minimum atomic E-state index is -0.138. The van der Waals surface area contributed by atoms with Gasteiger partial charge in [0.25, 0.3) is 0 Å². The largest absolute Gasteiger partial charge is 0.488 e. The Morgan fingerprint density at radius 3 is 2.50 bits per heavy atom. The van der Waals surface area contributed by atoms with Crippen LogP contribution in [0.25, 0.3) is 0 Å². The second kappa shape index (κ2) is 6.78. The van der Waals surface area contributed by atoms with Gasteiger partial charge in [-0.2, -0.15) is 0 Å². The van der Waals surface area contributed by atoms with E-state index in [0.717, 1.165) is 11.1 Å². The molecule has 0 radical (unpaired) electrons. The predicted molar refractivity (Wildman–Crippen MR) is 82.0 cm³/mol. The summed E-state index contributed by atoms with van der Waals surface area (Å²) in [6.45, 7) is 2.30. The van der Waals surface area contributed by atoms with Crippen molar-refractivity contribution in [1.82, 2.24) is 0 Å². The number of ether oxygens (including phenoxy) is 1. The molecule has 0 saturated carbocycles. The lowest BCUT2D eigenvalue weighted by Gasteiger charge is -2.11. The number of Topliss-reactive ketones (excluding diaryl/α,β-unsaturated/α-hetero) is 1. The molecule has 0 aliphatic rings. The molecule has 0 N–H and O–H groups in total. The second-order valence-corrected chi connectivity index (χ2v) is 5.18. The van der Waals surface area contributed by atoms with Gasteiger partial charge in [-0.15, -0.1) is 11.6 Å². The van der Waals surface area contributed by atoms with Crippen molar-refractivity contribution in [3.05, 3.63) is 64.2 Å². The zero-order valence-electron chi connectivity index (χ0n) is 11.0. The first-order valence-electron chi connectivity index (χ1n) is 6.17. The lowest BCUT2D eigenvalue weighted by Crippen LogP contribution is -2.06. The Labute approximate surface area is 128 Å². The molecule has 0 spiro atoms. The Balaban J connectivity index is 2.16. The minimum Gasteiger partial charge on any atom is -0.488 e. The van der Waals surface area contributed by atoms with Gasteiger partial charge >= 0.3 is 0 Å². The van der Waals surface area contributed by atoms with Crippen molar-refractivity contribution in [3.63, 3.8) is 0 Å². The number of carbonyl (C=O) groups is 1. The average Bonchev–Trinajstić information content (AvgIpc) is 2.46. The molecule has 0 heterocycles. The molecule has 0 saturated heterocycles. The second-order valence-electron chi connectivity index (χ2n) is 4.47. The van der Waals surface area contributed by atoms with E-state index in [-0.39, 0.29) is 11.7 Å². The fourth-order valence-corrected chi connectivity index (χ4v) is 2.07. The molecule has 0 aliphatic heterocycles. The number of carbonyl (C=O) groups excluding carboxylic acids is 1. The molecule has 0 amide bonds. The Bertz CT molecular complexity index is 606. The Hall–Kier alpha value is -1.51. The maximum atomic E-state index is 11.8. The summed E-state index contributed by atoms with van der Waals surface area (Å²) in [6, 6.07) is 12.9. The van der Waals surface area contributed by atoms with Gasteiger partial charge in [-0.1, -0.05) is 35.4 Å². The molecular weight excluding hydrogens is 295 g/mol. The molecule has 4 heteroatoms. The molecule has 0 aliphatic carbocycles. The third kappa shape index (κ3) is 3.75. The van der Waals surface area contributed by atoms with Crippen LogP contribution in [0.1, 0.15) is 21.5 Å². The van der Waals surface area contributed by atoms with Crippen LogP contribution in [-0.4, -0.2) is 11.7 Å². The minimum absolute atomic E-state index is 0.0548. The first-order valence-corrected chi connectivity index (χ1v) is 7.08. The van der Waals surface area contributed by atoms with Crippen LogP contribution in [0.3, 0.4) is 0 Å². The number of ketones is 1. The van der Waals surface area contributed by atoms with Crippen LogP contribution < -0.4 is 4.74 Å². The first kappa shape index (κ1) is 14.9. The summed E-state index contributed by atoms with van der Waals surface area (Å²) in [4.78, 5) is 11.8. The molecule has 2 nitrogen and oxygen atoms in total. The Morgan fingerprint density at radius 1 is 1.15 bits per heavy atom. The van der Waals surface area contributed by atoms with Crippen molar-refractivity contribution in [2.45, 2.75) is 13.5 Å². The fourth-order valence-electron chi connectivity index (χ4n) is 1.80. The third-order valence-electron chi connectivity index (χ3n) is 2.86. The number of hydrogen-bond acceptors (Lipinski definition) is 2. The van der Waals surface area contributed by atoms with Gasteiger partial charge in [0.2, 0.25) is 0 Å². The van der Waals surface area contributed by atoms with E-state index in [1.807, 2.05) is 25.1 Å². The molecule has 20 heavy (non-hydrogen) atoms. The smallest absolute Gasteiger partial charge is 0.181 e. The number of halogens is 2. The van der Waals surface area contributed by atoms with E-state index < -0.39 is 0 Å². The lowest BCUT2D eigenvalue weighted by molar-refractivity contribution is 0.101. The summed E-state index contributed by atoms with van der Waals surface area (Å²) in [7, 11) is 0. The van der Waals surface area contributed by atoms with E-state index in [0.29, 0.717) is 22.9 Å². The van der Waals surface area contributed by atoms with Gasteiger partial charge in [0.1, 0.15) is 12.4 Å². The maximum absolute atomic E-state index is 11.8. The topological polar surface area (TPSA) is 26.3 Å². The number of aryl methyl sites for hydroxylation is 1. The number of alkyl halides is 1. The molecule has 2 aromatic rings. The van der Waals surface area contributed by atoms with Crippen LogP contribution in [0.4, 0.5) is 0 Å². The molecule has 0 aromatic heterocycles. The fraction of sp³-hybridized carbons (Fsp3) is 0.188. The summed E-state index contributed by atoms with van der Waals surface area (Å²) in [6.07, 6.45) is 0. The Kier molecular flexibility index (Phi) is 5.05. The SMILES string of the molecule is Cc1ccc(OCc2ccc(Cl)cc2)c(C(=O)CCl)c1. The maximum Gasteiger partial charge on any atom is 0.181 e. The molecule has 104 valence electrons. The van der Waals surface area contributed by atoms with E-state index in [2.05, 4.69) is 0 Å². The van der Waals surface area contributed by atoms with Crippen molar-refractivity contribution in [2.24, 2.45) is 0 Å². The van der Waals surface area contributed by atoms with Crippen LogP contribution in [-0.2, 0) is 6.61 Å². The zero-order chi connectivity index (χ0) is 14.5. The van der Waals surface area contributed by atoms with E-state index in [1.54, 1.807) is 24.3 Å². The highest BCUT2D eigenvalue weighted by atomic mass is 35.5. The summed E-state index contributed by atoms with van der Waals surface area (Å²) in [5.41, 5.74) is 2.51. The monoisotopic (exact) mass is 308 g/mol. The van der Waals surface area contributed by atoms with Crippen molar-refractivity contribution >= 4 is 29.0 Å². The summed E-state index contributed by atoms with van der Waals surface area (Å²) < 4.78 is 5.72. The first-order chi connectivity index (χ1) is 9.60. The highest BCUT2D eigenvalue weighted by Crippen LogP contribution is 2.22. The standard InChI is InChI=1S/C16H14Cl2O2/c1-11-2-7-16(14(8-11)15(19)9-17)20-10-12-3-5-13(18)6-4-12/h2-8H,9-10H2,1H3. The van der Waals surface area contributed by atoms with Crippen LogP contribution in [0.2, 0.25) is 5.02 Å². The van der Waals surface area contributed by atoms with Gasteiger partial charge in [-0.05, 0) is 36.8 Å². The molecular formula is C16H14Cl2O2. The molecule has 0 atom stereocenters. The van der Waals surface area contributed by atoms with E-state index >= 15 is 0 Å². The van der Waals surface area contributed by atoms with Gasteiger partial charge in [0, 0.05) is 5.02 Å². The highest BCUT2D eigenvalue weighted by molar-refractivity contribution is 6.31. The average molecular weight is 309 g/mol. The van der Waals surface area contributed by atoms with Gasteiger partial charge in [-0.3, -0.25) is 4.79 Å². The lowest BCUT2D eigenvalue weighted by atomic mass is 10.1. The van der Waals surface area contributed by atoms with Crippen molar-refractivity contribution in [1.29, 1.82) is 0 Å². The summed E-state index contributed by atoms with van der Waals surface area (Å²) in [5.74, 6) is 0.360. The zero-order valence-corrected chi connectivity index (χ0v) is 12.5. The molecule has 0 fully saturated rings. The van der Waals surface area contributed by atoms with Crippen LogP contribution >= 0.6 is 23.2 Å². The molecule has 2 rings (SSSR count). The van der Waals surface area contributed by atoms with Crippen molar-refractivity contribution in [3.8, 4) is 5.75 Å². The van der Waals surface area contributed by atoms with Crippen LogP contribution in [0, 0.1) is 6.92 Å². The number of rotatable bonds is 5. The number of benzene rings is 2. The van der Waals surface area contributed by atoms with E-state index in [4.69, 9.17) is 27.9 Å². The van der Waals surface area contributed by atoms with Crippen LogP contribution in [0.15, 0.2) is 42.5 Å². The molecule has 0 unspecified atom stereocenters. The van der Waals surface area contributed by atoms with Gasteiger partial charge < -0.3 is 4.74 Å². The summed E-state index contributed by atoms with van der Waals surface area (Å²) >= 11 is 11.5. The number of hydrogen-bond donors (Lipinski definition) is 0. The van der Waals surface area contributed by atoms with Crippen molar-refractivity contribution < 1.29 is 9.53 Å². The summed E-state index contributed by atoms with van der Waals surface area (Å²) in [5, 5.41) is 0.682. The van der Waals surface area contributed by atoms with E-state index in [1.165, 1.54) is 0 Å². The van der Waals surface area contributed by atoms with Gasteiger partial charge in [0.05, 0.1) is 11.4 Å². The molecule has 2 aromatic carbocycles. The normalized spacial score (nSPS) is 10.3. The molecule has 0 bridgehead atoms. The van der Waals surface area contributed by atoms with E-state index in [9.17, 15) is 4.79 Å². The van der Waals surface area contributed by atoms with Gasteiger partial charge in [0.15, 0.2) is 5.78 Å². The Morgan fingerprint density at radius 2 is 1.85 bits per heavy atom. The van der Waals surface area contributed by atoms with Crippen molar-refractivity contribution in [2.75, 3.05) is 5.88 Å². The highest BCUT2D eigenvalue weighted by Gasteiger charge is 2.12. The van der Waals surface area contributed by atoms with Crippen LogP contribution in [0.5, 0.6) is 5.75 Å².